The predicted molar refractivity (Wildman–Crippen MR) is 101 cm³/mol. The van der Waals surface area contributed by atoms with E-state index in [1.165, 1.54) is 11.1 Å². The van der Waals surface area contributed by atoms with Crippen LogP contribution < -0.4 is 4.74 Å². The van der Waals surface area contributed by atoms with Crippen LogP contribution in [0.25, 0.3) is 0 Å². The number of aryl methyl sites for hydroxylation is 1. The number of fused-ring (bicyclic) bond motifs is 5. The van der Waals surface area contributed by atoms with E-state index in [0.29, 0.717) is 36.5 Å². The lowest BCUT2D eigenvalue weighted by molar-refractivity contribution is -0.125. The highest BCUT2D eigenvalue weighted by Crippen LogP contribution is 2.59. The summed E-state index contributed by atoms with van der Waals surface area (Å²) in [5.74, 6) is 2.27. The Kier molecular flexibility index (Phi) is 4.17. The second-order valence-corrected chi connectivity index (χ2v) is 8.56. The highest BCUT2D eigenvalue weighted by atomic mass is 16.5. The molecule has 0 amide bonds. The number of hydrogen-bond donors (Lipinski definition) is 1. The average Bonchev–Trinajstić information content (AvgIpc) is 2.90. The van der Waals surface area contributed by atoms with Gasteiger partial charge in [-0.2, -0.15) is 0 Å². The summed E-state index contributed by atoms with van der Waals surface area (Å²) in [6.45, 7) is 8.49. The monoisotopic (exact) mass is 353 g/mol. The van der Waals surface area contributed by atoms with Gasteiger partial charge in [0, 0.05) is 11.8 Å². The lowest BCUT2D eigenvalue weighted by atomic mass is 9.55. The van der Waals surface area contributed by atoms with Gasteiger partial charge in [-0.05, 0) is 79.2 Å². The SMILES string of the molecule is C=C(C)COc1ccc2c(c1)CCC1C2CCC2(C)C(=O)/C(=N\O)CC12. The molecule has 0 saturated heterocycles. The van der Waals surface area contributed by atoms with E-state index in [9.17, 15) is 10.0 Å². The molecule has 4 unspecified atom stereocenters. The van der Waals surface area contributed by atoms with Gasteiger partial charge in [-0.25, -0.2) is 0 Å². The van der Waals surface area contributed by atoms with Gasteiger partial charge < -0.3 is 9.94 Å². The van der Waals surface area contributed by atoms with Crippen LogP contribution >= 0.6 is 0 Å². The molecule has 4 heteroatoms. The maximum atomic E-state index is 12.7. The second-order valence-electron chi connectivity index (χ2n) is 8.56. The Morgan fingerprint density at radius 2 is 2.23 bits per heavy atom. The molecule has 3 aliphatic carbocycles. The van der Waals surface area contributed by atoms with Crippen molar-refractivity contribution in [1.29, 1.82) is 0 Å². The van der Waals surface area contributed by atoms with Crippen molar-refractivity contribution in [2.75, 3.05) is 6.61 Å². The molecule has 0 radical (unpaired) electrons. The fourth-order valence-electron chi connectivity index (χ4n) is 5.55. The van der Waals surface area contributed by atoms with E-state index in [2.05, 4.69) is 36.9 Å². The van der Waals surface area contributed by atoms with E-state index in [0.717, 1.165) is 37.0 Å². The molecule has 3 aliphatic rings. The second kappa shape index (κ2) is 6.26. The van der Waals surface area contributed by atoms with Crippen LogP contribution in [0.3, 0.4) is 0 Å². The van der Waals surface area contributed by atoms with Crippen molar-refractivity contribution in [2.45, 2.75) is 51.9 Å². The number of ether oxygens (including phenoxy) is 1. The van der Waals surface area contributed by atoms with Crippen LogP contribution in [0.2, 0.25) is 0 Å². The number of rotatable bonds is 3. The predicted octanol–water partition coefficient (Wildman–Crippen LogP) is 4.51. The van der Waals surface area contributed by atoms with Gasteiger partial charge in [0.2, 0.25) is 0 Å². The van der Waals surface area contributed by atoms with Gasteiger partial charge in [0.1, 0.15) is 18.1 Å². The number of ketones is 1. The van der Waals surface area contributed by atoms with E-state index in [1.54, 1.807) is 0 Å². The molecule has 0 aliphatic heterocycles. The molecule has 4 nitrogen and oxygen atoms in total. The number of hydrogen-bond acceptors (Lipinski definition) is 4. The topological polar surface area (TPSA) is 58.9 Å². The summed E-state index contributed by atoms with van der Waals surface area (Å²) in [7, 11) is 0. The Morgan fingerprint density at radius 3 is 2.96 bits per heavy atom. The van der Waals surface area contributed by atoms with Gasteiger partial charge in [0.25, 0.3) is 0 Å². The third-order valence-corrected chi connectivity index (χ3v) is 6.89. The third-order valence-electron chi connectivity index (χ3n) is 6.89. The van der Waals surface area contributed by atoms with E-state index in [4.69, 9.17) is 4.74 Å². The molecule has 0 spiro atoms. The van der Waals surface area contributed by atoms with Crippen molar-refractivity contribution in [3.05, 3.63) is 41.5 Å². The molecule has 2 saturated carbocycles. The first-order valence-corrected chi connectivity index (χ1v) is 9.60. The van der Waals surface area contributed by atoms with Crippen molar-refractivity contribution in [1.82, 2.24) is 0 Å². The van der Waals surface area contributed by atoms with Crippen molar-refractivity contribution in [3.8, 4) is 5.75 Å². The zero-order chi connectivity index (χ0) is 18.5. The minimum atomic E-state index is -0.342. The molecule has 1 aromatic carbocycles. The van der Waals surface area contributed by atoms with Crippen LogP contribution in [0.4, 0.5) is 0 Å². The average molecular weight is 353 g/mol. The van der Waals surface area contributed by atoms with Crippen LogP contribution in [0.5, 0.6) is 5.75 Å². The fraction of sp³-hybridized carbons (Fsp3) is 0.545. The number of oxime groups is 1. The van der Waals surface area contributed by atoms with E-state index < -0.39 is 0 Å². The molecule has 0 bridgehead atoms. The molecule has 1 N–H and O–H groups in total. The summed E-state index contributed by atoms with van der Waals surface area (Å²) in [6, 6.07) is 6.47. The van der Waals surface area contributed by atoms with Crippen molar-refractivity contribution in [2.24, 2.45) is 22.4 Å². The fourth-order valence-corrected chi connectivity index (χ4v) is 5.55. The minimum absolute atomic E-state index is 0.0674. The maximum Gasteiger partial charge on any atom is 0.186 e. The van der Waals surface area contributed by atoms with E-state index in [1.807, 2.05) is 6.92 Å². The number of carbonyl (C=O) groups is 1. The van der Waals surface area contributed by atoms with Gasteiger partial charge in [0.05, 0.1) is 0 Å². The van der Waals surface area contributed by atoms with Crippen LogP contribution in [0.15, 0.2) is 35.5 Å². The van der Waals surface area contributed by atoms with Crippen LogP contribution in [0.1, 0.15) is 56.6 Å². The molecule has 138 valence electrons. The zero-order valence-corrected chi connectivity index (χ0v) is 15.6. The smallest absolute Gasteiger partial charge is 0.186 e. The molecular weight excluding hydrogens is 326 g/mol. The summed E-state index contributed by atoms with van der Waals surface area (Å²) in [5.41, 5.74) is 3.86. The summed E-state index contributed by atoms with van der Waals surface area (Å²) in [5, 5.41) is 12.5. The normalized spacial score (nSPS) is 34.2. The first kappa shape index (κ1) is 17.3. The highest BCUT2D eigenvalue weighted by molar-refractivity contribution is 6.43. The quantitative estimate of drug-likeness (QED) is 0.494. The van der Waals surface area contributed by atoms with Crippen molar-refractivity contribution >= 4 is 11.5 Å². The van der Waals surface area contributed by atoms with Gasteiger partial charge in [-0.1, -0.05) is 24.7 Å². The summed E-state index contributed by atoms with van der Waals surface area (Å²) in [4.78, 5) is 12.7. The Bertz CT molecular complexity index is 797. The molecule has 4 rings (SSSR count). The standard InChI is InChI=1S/C22H27NO3/c1-13(2)12-26-15-5-7-16-14(10-15)4-6-18-17(16)8-9-22(3)19(18)11-20(23-25)21(22)24/h5,7,10,17-19,25H,1,4,6,8-9,11-12H2,2-3H3/b23-20-. The van der Waals surface area contributed by atoms with E-state index >= 15 is 0 Å². The number of carbonyl (C=O) groups excluding carboxylic acids is 1. The summed E-state index contributed by atoms with van der Waals surface area (Å²) >= 11 is 0. The van der Waals surface area contributed by atoms with Crippen LogP contribution in [-0.4, -0.2) is 23.3 Å². The van der Waals surface area contributed by atoms with Gasteiger partial charge >= 0.3 is 0 Å². The van der Waals surface area contributed by atoms with Gasteiger partial charge in [0.15, 0.2) is 5.78 Å². The lowest BCUT2D eigenvalue weighted by Crippen LogP contribution is -2.42. The van der Waals surface area contributed by atoms with Gasteiger partial charge in [-0.15, -0.1) is 0 Å². The first-order chi connectivity index (χ1) is 12.4. The lowest BCUT2D eigenvalue weighted by Gasteiger charge is -2.47. The van der Waals surface area contributed by atoms with Crippen LogP contribution in [0, 0.1) is 17.3 Å². The van der Waals surface area contributed by atoms with Crippen molar-refractivity contribution in [3.63, 3.8) is 0 Å². The Labute approximate surface area is 154 Å². The molecular formula is C22H27NO3. The third kappa shape index (κ3) is 2.58. The Hall–Kier alpha value is -2.10. The molecule has 2 fully saturated rings. The first-order valence-electron chi connectivity index (χ1n) is 9.60. The highest BCUT2D eigenvalue weighted by Gasteiger charge is 2.57. The Morgan fingerprint density at radius 1 is 1.42 bits per heavy atom. The Balaban J connectivity index is 1.61. The molecule has 26 heavy (non-hydrogen) atoms. The molecule has 0 aromatic heterocycles. The summed E-state index contributed by atoms with van der Waals surface area (Å²) < 4.78 is 5.81. The molecule has 0 heterocycles. The maximum absolute atomic E-state index is 12.7. The van der Waals surface area contributed by atoms with Gasteiger partial charge in [-0.3, -0.25) is 4.79 Å². The van der Waals surface area contributed by atoms with Crippen molar-refractivity contribution < 1.29 is 14.7 Å². The van der Waals surface area contributed by atoms with E-state index in [-0.39, 0.29) is 11.2 Å². The molecule has 4 atom stereocenters. The summed E-state index contributed by atoms with van der Waals surface area (Å²) in [6.07, 6.45) is 4.65. The number of nitrogens with zero attached hydrogens (tertiary/aromatic N) is 1. The van der Waals surface area contributed by atoms with Crippen LogP contribution in [-0.2, 0) is 11.2 Å². The zero-order valence-electron chi connectivity index (χ0n) is 15.6. The number of Topliss-reactive ketones (excluding diaryl/α,β-unsaturated/α-hetero) is 1. The number of benzene rings is 1. The minimum Gasteiger partial charge on any atom is -0.489 e. The largest absolute Gasteiger partial charge is 0.489 e. The molecule has 1 aromatic rings.